The quantitative estimate of drug-likeness (QED) is 0.789. The molecule has 1 amide bonds. The Morgan fingerprint density at radius 3 is 2.83 bits per heavy atom. The Kier molecular flexibility index (Phi) is 4.80. The van der Waals surface area contributed by atoms with Crippen LogP contribution < -0.4 is 5.32 Å². The van der Waals surface area contributed by atoms with Crippen LogP contribution in [0.3, 0.4) is 0 Å². The van der Waals surface area contributed by atoms with Gasteiger partial charge in [0, 0.05) is 24.9 Å². The summed E-state index contributed by atoms with van der Waals surface area (Å²) < 4.78 is 15.5. The molecule has 2 atom stereocenters. The molecule has 0 bridgehead atoms. The summed E-state index contributed by atoms with van der Waals surface area (Å²) in [5.41, 5.74) is 1.03. The molecule has 128 valence electrons. The zero-order valence-electron chi connectivity index (χ0n) is 13.8. The van der Waals surface area contributed by atoms with Crippen molar-refractivity contribution in [3.05, 3.63) is 46.2 Å². The fourth-order valence-electron chi connectivity index (χ4n) is 3.04. The van der Waals surface area contributed by atoms with Gasteiger partial charge in [0.05, 0.1) is 0 Å². The summed E-state index contributed by atoms with van der Waals surface area (Å²) in [6.07, 6.45) is 1.45. The summed E-state index contributed by atoms with van der Waals surface area (Å²) in [5.74, 6) is 0.840. The van der Waals surface area contributed by atoms with Crippen LogP contribution in [0.1, 0.15) is 43.6 Å². The molecule has 0 spiro atoms. The molecule has 1 aliphatic rings. The average molecular weight is 348 g/mol. The summed E-state index contributed by atoms with van der Waals surface area (Å²) in [6.45, 7) is 4.62. The maximum atomic E-state index is 12.9. The summed E-state index contributed by atoms with van der Waals surface area (Å²) in [7, 11) is 0. The van der Waals surface area contributed by atoms with Crippen molar-refractivity contribution < 1.29 is 9.18 Å². The van der Waals surface area contributed by atoms with Gasteiger partial charge in [-0.3, -0.25) is 9.89 Å². The van der Waals surface area contributed by atoms with Crippen molar-refractivity contribution in [1.29, 1.82) is 0 Å². The topological polar surface area (TPSA) is 62.7 Å². The number of amides is 1. The van der Waals surface area contributed by atoms with Gasteiger partial charge in [0.2, 0.25) is 5.91 Å². The minimum absolute atomic E-state index is 0.0126. The molecule has 0 aliphatic heterocycles. The molecular formula is C17H21FN4OS. The molecule has 2 aromatic rings. The number of H-pyrrole nitrogens is 1. The molecule has 5 nitrogen and oxygen atoms in total. The minimum Gasteiger partial charge on any atom is -0.355 e. The Bertz CT molecular complexity index is 781. The van der Waals surface area contributed by atoms with E-state index in [-0.39, 0.29) is 29.6 Å². The maximum absolute atomic E-state index is 12.9. The first-order chi connectivity index (χ1) is 11.5. The fourth-order valence-corrected chi connectivity index (χ4v) is 3.40. The molecule has 1 fully saturated rings. The number of rotatable bonds is 6. The van der Waals surface area contributed by atoms with Crippen LogP contribution in [0.25, 0.3) is 0 Å². The van der Waals surface area contributed by atoms with Gasteiger partial charge >= 0.3 is 0 Å². The number of carbonyl (C=O) groups is 1. The van der Waals surface area contributed by atoms with Crippen molar-refractivity contribution in [2.24, 2.45) is 5.92 Å². The molecular weight excluding hydrogens is 327 g/mol. The maximum Gasteiger partial charge on any atom is 0.223 e. The smallest absolute Gasteiger partial charge is 0.223 e. The number of nitrogens with zero attached hydrogens (tertiary/aromatic N) is 2. The number of aromatic amines is 1. The first-order valence-corrected chi connectivity index (χ1v) is 8.57. The Balaban J connectivity index is 1.51. The minimum atomic E-state index is -0.251. The molecule has 3 rings (SSSR count). The van der Waals surface area contributed by atoms with Crippen molar-refractivity contribution in [1.82, 2.24) is 20.1 Å². The van der Waals surface area contributed by atoms with Crippen molar-refractivity contribution in [2.45, 2.75) is 38.6 Å². The van der Waals surface area contributed by atoms with E-state index in [4.69, 9.17) is 12.2 Å². The lowest BCUT2D eigenvalue weighted by Crippen LogP contribution is -2.28. The fraction of sp³-hybridized carbons (Fsp3) is 0.471. The van der Waals surface area contributed by atoms with E-state index in [1.54, 1.807) is 12.1 Å². The predicted molar refractivity (Wildman–Crippen MR) is 91.8 cm³/mol. The van der Waals surface area contributed by atoms with Crippen molar-refractivity contribution >= 4 is 18.1 Å². The second kappa shape index (κ2) is 6.84. The number of carbonyl (C=O) groups excluding carboxylic acids is 1. The standard InChI is InChI=1S/C17H21FN4OS/c1-10(2)22-15(20-21-17(22)24)7-8-19-16(23)14-9-13(14)11-3-5-12(18)6-4-11/h3-6,10,13-14H,7-9H2,1-2H3,(H,19,23)(H,21,24)/t13-,14-/m0/s1. The molecule has 1 saturated carbocycles. The zero-order chi connectivity index (χ0) is 17.3. The molecule has 1 aromatic heterocycles. The van der Waals surface area contributed by atoms with Gasteiger partial charge in [-0.1, -0.05) is 12.1 Å². The average Bonchev–Trinajstić information content (AvgIpc) is 3.25. The molecule has 2 N–H and O–H groups in total. The molecule has 1 heterocycles. The van der Waals surface area contributed by atoms with Crippen molar-refractivity contribution in [3.63, 3.8) is 0 Å². The molecule has 24 heavy (non-hydrogen) atoms. The number of benzene rings is 1. The second-order valence-electron chi connectivity index (χ2n) is 6.45. The van der Waals surface area contributed by atoms with Gasteiger partial charge in [0.1, 0.15) is 11.6 Å². The van der Waals surface area contributed by atoms with Crippen molar-refractivity contribution in [3.8, 4) is 0 Å². The van der Waals surface area contributed by atoms with E-state index in [9.17, 15) is 9.18 Å². The van der Waals surface area contributed by atoms with Crippen LogP contribution in [0.15, 0.2) is 24.3 Å². The lowest BCUT2D eigenvalue weighted by Gasteiger charge is -2.10. The summed E-state index contributed by atoms with van der Waals surface area (Å²) in [4.78, 5) is 12.2. The van der Waals surface area contributed by atoms with Crippen LogP contribution in [-0.4, -0.2) is 27.2 Å². The zero-order valence-corrected chi connectivity index (χ0v) is 14.6. The molecule has 1 aromatic carbocycles. The monoisotopic (exact) mass is 348 g/mol. The van der Waals surface area contributed by atoms with E-state index < -0.39 is 0 Å². The van der Waals surface area contributed by atoms with Crippen LogP contribution in [0.2, 0.25) is 0 Å². The van der Waals surface area contributed by atoms with E-state index in [1.165, 1.54) is 12.1 Å². The highest BCUT2D eigenvalue weighted by Crippen LogP contribution is 2.47. The molecule has 0 unspecified atom stereocenters. The van der Waals surface area contributed by atoms with Gasteiger partial charge in [-0.15, -0.1) is 0 Å². The van der Waals surface area contributed by atoms with Crippen LogP contribution >= 0.6 is 12.2 Å². The Morgan fingerprint density at radius 1 is 1.46 bits per heavy atom. The summed E-state index contributed by atoms with van der Waals surface area (Å²) >= 11 is 5.21. The van der Waals surface area contributed by atoms with Gasteiger partial charge in [-0.05, 0) is 56.1 Å². The van der Waals surface area contributed by atoms with Gasteiger partial charge in [0.15, 0.2) is 4.77 Å². The summed E-state index contributed by atoms with van der Waals surface area (Å²) in [5, 5.41) is 9.99. The Morgan fingerprint density at radius 2 is 2.17 bits per heavy atom. The van der Waals surface area contributed by atoms with E-state index in [0.29, 0.717) is 17.7 Å². The number of hydrogen-bond donors (Lipinski definition) is 2. The van der Waals surface area contributed by atoms with E-state index in [0.717, 1.165) is 17.8 Å². The van der Waals surface area contributed by atoms with Gasteiger partial charge in [-0.25, -0.2) is 4.39 Å². The second-order valence-corrected chi connectivity index (χ2v) is 6.84. The van der Waals surface area contributed by atoms with Crippen LogP contribution in [-0.2, 0) is 11.2 Å². The third-order valence-electron chi connectivity index (χ3n) is 4.37. The van der Waals surface area contributed by atoms with Crippen LogP contribution in [0.5, 0.6) is 0 Å². The lowest BCUT2D eigenvalue weighted by atomic mass is 10.1. The third-order valence-corrected chi connectivity index (χ3v) is 4.66. The van der Waals surface area contributed by atoms with Crippen LogP contribution in [0, 0.1) is 16.5 Å². The molecule has 1 aliphatic carbocycles. The van der Waals surface area contributed by atoms with E-state index >= 15 is 0 Å². The largest absolute Gasteiger partial charge is 0.355 e. The molecule has 0 radical (unpaired) electrons. The van der Waals surface area contributed by atoms with E-state index in [2.05, 4.69) is 15.5 Å². The normalized spacial score (nSPS) is 19.5. The summed E-state index contributed by atoms with van der Waals surface area (Å²) in [6, 6.07) is 6.63. The predicted octanol–water partition coefficient (Wildman–Crippen LogP) is 3.12. The number of aromatic nitrogens is 3. The van der Waals surface area contributed by atoms with Gasteiger partial charge in [0.25, 0.3) is 0 Å². The molecule has 7 heteroatoms. The highest BCUT2D eigenvalue weighted by atomic mass is 32.1. The number of nitrogens with one attached hydrogen (secondary N) is 2. The Hall–Kier alpha value is -2.02. The number of halogens is 1. The molecule has 0 saturated heterocycles. The number of hydrogen-bond acceptors (Lipinski definition) is 3. The first-order valence-electron chi connectivity index (χ1n) is 8.16. The lowest BCUT2D eigenvalue weighted by molar-refractivity contribution is -0.122. The highest BCUT2D eigenvalue weighted by molar-refractivity contribution is 7.71. The SMILES string of the molecule is CC(C)n1c(CCNC(=O)[C@H]2C[C@H]2c2ccc(F)cc2)n[nH]c1=S. The van der Waals surface area contributed by atoms with Gasteiger partial charge < -0.3 is 9.88 Å². The van der Waals surface area contributed by atoms with Gasteiger partial charge in [-0.2, -0.15) is 5.10 Å². The van der Waals surface area contributed by atoms with Crippen molar-refractivity contribution in [2.75, 3.05) is 6.54 Å². The third kappa shape index (κ3) is 3.56. The van der Waals surface area contributed by atoms with E-state index in [1.807, 2.05) is 18.4 Å². The Labute approximate surface area is 145 Å². The van der Waals surface area contributed by atoms with Crippen LogP contribution in [0.4, 0.5) is 4.39 Å². The first kappa shape index (κ1) is 16.8. The highest BCUT2D eigenvalue weighted by Gasteiger charge is 2.43.